The summed E-state index contributed by atoms with van der Waals surface area (Å²) in [7, 11) is 0. The molecule has 1 aromatic carbocycles. The fourth-order valence-electron chi connectivity index (χ4n) is 3.79. The van der Waals surface area contributed by atoms with Crippen molar-refractivity contribution in [2.75, 3.05) is 0 Å². The maximum absolute atomic E-state index is 5.03. The van der Waals surface area contributed by atoms with Crippen LogP contribution in [0.1, 0.15) is 45.9 Å². The van der Waals surface area contributed by atoms with Gasteiger partial charge in [0.25, 0.3) is 0 Å². The lowest BCUT2D eigenvalue weighted by Crippen LogP contribution is -2.25. The molecule has 134 valence electrons. The smallest absolute Gasteiger partial charge is 0.0756 e. The maximum atomic E-state index is 5.03. The van der Waals surface area contributed by atoms with Crippen LogP contribution in [0.3, 0.4) is 0 Å². The van der Waals surface area contributed by atoms with Gasteiger partial charge in [0, 0.05) is 34.0 Å². The number of fused-ring (bicyclic) bond motifs is 2. The molecule has 1 N–H and O–H groups in total. The van der Waals surface area contributed by atoms with Crippen LogP contribution in [-0.4, -0.2) is 19.7 Å². The van der Waals surface area contributed by atoms with Gasteiger partial charge in [0.15, 0.2) is 0 Å². The number of H-pyrrole nitrogens is 1. The van der Waals surface area contributed by atoms with E-state index in [1.807, 2.05) is 12.4 Å². The molecule has 0 saturated carbocycles. The van der Waals surface area contributed by atoms with Crippen LogP contribution < -0.4 is 0 Å². The van der Waals surface area contributed by atoms with E-state index in [1.165, 1.54) is 21.9 Å². The van der Waals surface area contributed by atoms with Gasteiger partial charge in [-0.05, 0) is 17.7 Å². The van der Waals surface area contributed by atoms with Gasteiger partial charge in [0.1, 0.15) is 0 Å². The molecule has 0 saturated heterocycles. The van der Waals surface area contributed by atoms with Crippen LogP contribution >= 0.6 is 0 Å². The van der Waals surface area contributed by atoms with Crippen molar-refractivity contribution in [3.05, 3.63) is 60.2 Å². The molecular formula is C22H26N4. The molecule has 0 radical (unpaired) electrons. The fourth-order valence-corrected chi connectivity index (χ4v) is 3.79. The number of pyridine rings is 1. The molecule has 3 heterocycles. The van der Waals surface area contributed by atoms with Crippen LogP contribution in [0, 0.1) is 0 Å². The van der Waals surface area contributed by atoms with E-state index in [1.54, 1.807) is 0 Å². The zero-order valence-electron chi connectivity index (χ0n) is 16.2. The van der Waals surface area contributed by atoms with Gasteiger partial charge in [0.05, 0.1) is 29.5 Å². The van der Waals surface area contributed by atoms with Gasteiger partial charge in [0.2, 0.25) is 0 Å². The molecule has 0 aliphatic heterocycles. The zero-order chi connectivity index (χ0) is 18.5. The van der Waals surface area contributed by atoms with Crippen LogP contribution in [0.5, 0.6) is 0 Å². The summed E-state index contributed by atoms with van der Waals surface area (Å²) in [6.45, 7) is 12.1. The molecule has 0 amide bonds. The summed E-state index contributed by atoms with van der Waals surface area (Å²) in [5, 5.41) is 7.51. The van der Waals surface area contributed by atoms with Gasteiger partial charge in [-0.25, -0.2) is 0 Å². The van der Waals surface area contributed by atoms with E-state index >= 15 is 0 Å². The van der Waals surface area contributed by atoms with Gasteiger partial charge in [-0.1, -0.05) is 52.8 Å². The first-order valence-corrected chi connectivity index (χ1v) is 9.15. The van der Waals surface area contributed by atoms with Crippen LogP contribution in [0.2, 0.25) is 0 Å². The number of benzene rings is 1. The number of para-hydroxylation sites is 1. The van der Waals surface area contributed by atoms with Gasteiger partial charge in [-0.2, -0.15) is 5.10 Å². The lowest BCUT2D eigenvalue weighted by Gasteiger charge is -2.25. The van der Waals surface area contributed by atoms with E-state index < -0.39 is 0 Å². The summed E-state index contributed by atoms with van der Waals surface area (Å²) in [6, 6.07) is 10.6. The van der Waals surface area contributed by atoms with Crippen LogP contribution in [-0.2, 0) is 17.4 Å². The Labute approximate surface area is 154 Å². The van der Waals surface area contributed by atoms with Crippen molar-refractivity contribution >= 4 is 21.8 Å². The summed E-state index contributed by atoms with van der Waals surface area (Å²) in [4.78, 5) is 7.57. The Morgan fingerprint density at radius 1 is 1.00 bits per heavy atom. The van der Waals surface area contributed by atoms with Crippen molar-refractivity contribution in [1.29, 1.82) is 0 Å². The highest BCUT2D eigenvalue weighted by molar-refractivity contribution is 5.84. The summed E-state index contributed by atoms with van der Waals surface area (Å²) in [5.74, 6) is 0. The minimum Gasteiger partial charge on any atom is -0.360 e. The number of aromatic amines is 1. The molecule has 4 aromatic rings. The molecule has 0 atom stereocenters. The van der Waals surface area contributed by atoms with Crippen molar-refractivity contribution in [2.45, 2.75) is 52.0 Å². The van der Waals surface area contributed by atoms with Crippen LogP contribution in [0.4, 0.5) is 0 Å². The third-order valence-electron chi connectivity index (χ3n) is 5.13. The predicted molar refractivity (Wildman–Crippen MR) is 108 cm³/mol. The molecule has 4 heteroatoms. The largest absolute Gasteiger partial charge is 0.360 e. The van der Waals surface area contributed by atoms with E-state index in [-0.39, 0.29) is 10.8 Å². The third-order valence-corrected chi connectivity index (χ3v) is 5.13. The molecule has 0 aliphatic rings. The van der Waals surface area contributed by atoms with Crippen molar-refractivity contribution in [3.8, 4) is 0 Å². The lowest BCUT2D eigenvalue weighted by atomic mass is 9.84. The summed E-state index contributed by atoms with van der Waals surface area (Å²) >= 11 is 0. The van der Waals surface area contributed by atoms with Gasteiger partial charge in [-0.3, -0.25) is 9.67 Å². The van der Waals surface area contributed by atoms with Crippen LogP contribution in [0.15, 0.2) is 48.9 Å². The average molecular weight is 346 g/mol. The Balaban J connectivity index is 1.82. The molecule has 4 rings (SSSR count). The number of nitrogens with zero attached hydrogens (tertiary/aromatic N) is 3. The highest BCUT2D eigenvalue weighted by Gasteiger charge is 2.28. The fraction of sp³-hybridized carbons (Fsp3) is 0.364. The molecule has 26 heavy (non-hydrogen) atoms. The molecule has 0 fully saturated rings. The number of hydrogen-bond donors (Lipinski definition) is 1. The Bertz CT molecular complexity index is 1080. The third kappa shape index (κ3) is 2.70. The molecule has 0 spiro atoms. The first kappa shape index (κ1) is 16.8. The van der Waals surface area contributed by atoms with Gasteiger partial charge in [-0.15, -0.1) is 0 Å². The quantitative estimate of drug-likeness (QED) is 0.555. The minimum absolute atomic E-state index is 0.0153. The molecule has 4 nitrogen and oxygen atoms in total. The normalized spacial score (nSPS) is 13.0. The second-order valence-electron chi connectivity index (χ2n) is 8.78. The Morgan fingerprint density at radius 2 is 1.77 bits per heavy atom. The first-order valence-electron chi connectivity index (χ1n) is 9.15. The Kier molecular flexibility index (Phi) is 3.69. The molecule has 0 unspecified atom stereocenters. The number of hydrogen-bond acceptors (Lipinski definition) is 2. The topological polar surface area (TPSA) is 46.5 Å². The Hall–Kier alpha value is -2.62. The average Bonchev–Trinajstić information content (AvgIpc) is 3.17. The first-order chi connectivity index (χ1) is 12.3. The molecule has 0 bridgehead atoms. The monoisotopic (exact) mass is 346 g/mol. The van der Waals surface area contributed by atoms with Gasteiger partial charge < -0.3 is 4.98 Å². The van der Waals surface area contributed by atoms with Gasteiger partial charge >= 0.3 is 0 Å². The van der Waals surface area contributed by atoms with E-state index in [4.69, 9.17) is 5.10 Å². The van der Waals surface area contributed by atoms with Crippen LogP contribution in [0.25, 0.3) is 21.8 Å². The maximum Gasteiger partial charge on any atom is 0.0756 e. The van der Waals surface area contributed by atoms with Crippen molar-refractivity contribution < 1.29 is 0 Å². The second kappa shape index (κ2) is 5.70. The standard InChI is InChI=1S/C22H26N4/c1-21(2,3)20-16-8-6-7-9-19(16)26(25-20)14-22(4,5)17-12-24-18-13-23-11-10-15(17)18/h6-13,24H,14H2,1-5H3. The van der Waals surface area contributed by atoms with E-state index in [0.29, 0.717) is 0 Å². The van der Waals surface area contributed by atoms with Crippen molar-refractivity contribution in [1.82, 2.24) is 19.7 Å². The predicted octanol–water partition coefficient (Wildman–Crippen LogP) is 5.19. The molecule has 3 aromatic heterocycles. The minimum atomic E-state index is -0.0659. The molecular weight excluding hydrogens is 320 g/mol. The highest BCUT2D eigenvalue weighted by atomic mass is 15.3. The Morgan fingerprint density at radius 3 is 2.54 bits per heavy atom. The summed E-state index contributed by atoms with van der Waals surface area (Å²) in [6.07, 6.45) is 5.86. The number of nitrogens with one attached hydrogen (secondary N) is 1. The van der Waals surface area contributed by atoms with E-state index in [9.17, 15) is 0 Å². The summed E-state index contributed by atoms with van der Waals surface area (Å²) in [5.41, 5.74) is 4.69. The van der Waals surface area contributed by atoms with E-state index in [2.05, 4.69) is 85.8 Å². The zero-order valence-corrected chi connectivity index (χ0v) is 16.2. The van der Waals surface area contributed by atoms with Crippen molar-refractivity contribution in [2.24, 2.45) is 0 Å². The van der Waals surface area contributed by atoms with E-state index in [0.717, 1.165) is 17.8 Å². The SMILES string of the molecule is CC(C)(C)c1nn(CC(C)(C)c2c[nH]c3cnccc23)c2ccccc12. The highest BCUT2D eigenvalue weighted by Crippen LogP contribution is 2.34. The number of rotatable bonds is 3. The number of aromatic nitrogens is 4. The summed E-state index contributed by atoms with van der Waals surface area (Å²) < 4.78 is 2.18. The van der Waals surface area contributed by atoms with Crippen molar-refractivity contribution in [3.63, 3.8) is 0 Å². The second-order valence-corrected chi connectivity index (χ2v) is 8.78. The lowest BCUT2D eigenvalue weighted by molar-refractivity contribution is 0.411. The molecule has 0 aliphatic carbocycles.